The van der Waals surface area contributed by atoms with Crippen LogP contribution in [0.4, 0.5) is 0 Å². The number of nitrogens with zero attached hydrogens (tertiary/aromatic N) is 1. The van der Waals surface area contributed by atoms with E-state index in [1.807, 2.05) is 30.3 Å². The van der Waals surface area contributed by atoms with Crippen LogP contribution in [0.5, 0.6) is 0 Å². The Kier molecular flexibility index (Phi) is 6.01. The fourth-order valence-electron chi connectivity index (χ4n) is 2.63. The molecule has 0 aliphatic heterocycles. The van der Waals surface area contributed by atoms with Gasteiger partial charge in [0.1, 0.15) is 0 Å². The van der Waals surface area contributed by atoms with Crippen LogP contribution in [0, 0.1) is 0 Å². The maximum Gasteiger partial charge on any atom is 0.261 e. The summed E-state index contributed by atoms with van der Waals surface area (Å²) in [4.78, 5) is 14.3. The van der Waals surface area contributed by atoms with E-state index < -0.39 is 0 Å². The van der Waals surface area contributed by atoms with Gasteiger partial charge in [-0.1, -0.05) is 30.3 Å². The normalized spacial score (nSPS) is 12.1. The Bertz CT molecular complexity index is 817. The van der Waals surface area contributed by atoms with Crippen molar-refractivity contribution >= 4 is 33.2 Å². The molecule has 0 bridgehead atoms. The van der Waals surface area contributed by atoms with Gasteiger partial charge in [-0.3, -0.25) is 9.89 Å². The van der Waals surface area contributed by atoms with Crippen LogP contribution in [0.25, 0.3) is 10.6 Å². The average Bonchev–Trinajstić information content (AvgIpc) is 3.25. The van der Waals surface area contributed by atoms with Gasteiger partial charge in [-0.15, -0.1) is 11.3 Å². The molecule has 1 atom stereocenters. The first-order chi connectivity index (χ1) is 12.2. The van der Waals surface area contributed by atoms with Crippen molar-refractivity contribution in [1.29, 1.82) is 0 Å². The standard InChI is InChI=1S/C18H19BrN4OS/c19-14-11-16(25-17(14)15-7-9-21-23-15)18(24)22-13(6-8-20)10-12-4-2-1-3-5-12/h1-5,7,9,11,13H,6,8,10,20H2,(H,21,23)(H,22,24). The highest BCUT2D eigenvalue weighted by atomic mass is 79.9. The first kappa shape index (κ1) is 17.8. The lowest BCUT2D eigenvalue weighted by molar-refractivity contribution is 0.0939. The summed E-state index contributed by atoms with van der Waals surface area (Å²) >= 11 is 4.95. The number of aromatic nitrogens is 2. The maximum absolute atomic E-state index is 12.7. The van der Waals surface area contributed by atoms with Gasteiger partial charge in [0.25, 0.3) is 5.91 Å². The summed E-state index contributed by atoms with van der Waals surface area (Å²) in [6.07, 6.45) is 3.20. The zero-order chi connectivity index (χ0) is 17.6. The lowest BCUT2D eigenvalue weighted by atomic mass is 10.0. The molecule has 5 nitrogen and oxygen atoms in total. The van der Waals surface area contributed by atoms with Crippen molar-refractivity contribution in [3.63, 3.8) is 0 Å². The molecule has 3 rings (SSSR count). The Labute approximate surface area is 158 Å². The quantitative estimate of drug-likeness (QED) is 0.547. The van der Waals surface area contributed by atoms with Crippen molar-refractivity contribution in [2.24, 2.45) is 5.73 Å². The Morgan fingerprint density at radius 2 is 2.12 bits per heavy atom. The van der Waals surface area contributed by atoms with Gasteiger partial charge in [0.05, 0.1) is 15.4 Å². The van der Waals surface area contributed by atoms with Crippen molar-refractivity contribution in [3.8, 4) is 10.6 Å². The van der Waals surface area contributed by atoms with Crippen LogP contribution in [0.15, 0.2) is 53.1 Å². The van der Waals surface area contributed by atoms with E-state index in [-0.39, 0.29) is 11.9 Å². The highest BCUT2D eigenvalue weighted by Crippen LogP contribution is 2.35. The Morgan fingerprint density at radius 1 is 1.32 bits per heavy atom. The number of carbonyl (C=O) groups is 1. The summed E-state index contributed by atoms with van der Waals surface area (Å²) in [5.74, 6) is -0.0779. The smallest absolute Gasteiger partial charge is 0.261 e. The summed E-state index contributed by atoms with van der Waals surface area (Å²) < 4.78 is 0.880. The van der Waals surface area contributed by atoms with E-state index in [0.29, 0.717) is 11.4 Å². The van der Waals surface area contributed by atoms with Crippen LogP contribution in [0.2, 0.25) is 0 Å². The summed E-state index contributed by atoms with van der Waals surface area (Å²) in [7, 11) is 0. The van der Waals surface area contributed by atoms with Crippen molar-refractivity contribution < 1.29 is 4.79 Å². The van der Waals surface area contributed by atoms with Crippen LogP contribution in [0.3, 0.4) is 0 Å². The van der Waals surface area contributed by atoms with Gasteiger partial charge in [-0.25, -0.2) is 0 Å². The molecule has 7 heteroatoms. The zero-order valence-electron chi connectivity index (χ0n) is 13.5. The first-order valence-electron chi connectivity index (χ1n) is 8.01. The molecule has 0 radical (unpaired) electrons. The number of hydrogen-bond acceptors (Lipinski definition) is 4. The van der Waals surface area contributed by atoms with Crippen molar-refractivity contribution in [1.82, 2.24) is 15.5 Å². The highest BCUT2D eigenvalue weighted by molar-refractivity contribution is 9.10. The van der Waals surface area contributed by atoms with Crippen LogP contribution in [0.1, 0.15) is 21.7 Å². The summed E-state index contributed by atoms with van der Waals surface area (Å²) in [6, 6.07) is 13.9. The molecule has 25 heavy (non-hydrogen) atoms. The molecular formula is C18H19BrN4OS. The summed E-state index contributed by atoms with van der Waals surface area (Å²) in [5.41, 5.74) is 7.80. The second kappa shape index (κ2) is 8.42. The maximum atomic E-state index is 12.7. The van der Waals surface area contributed by atoms with E-state index in [1.54, 1.807) is 6.20 Å². The third-order valence-corrected chi connectivity index (χ3v) is 5.89. The number of rotatable bonds is 7. The molecular weight excluding hydrogens is 400 g/mol. The van der Waals surface area contributed by atoms with E-state index in [4.69, 9.17) is 5.73 Å². The minimum Gasteiger partial charge on any atom is -0.348 e. The fourth-order valence-corrected chi connectivity index (χ4v) is 4.39. The lowest BCUT2D eigenvalue weighted by Crippen LogP contribution is -2.37. The number of thiophene rings is 1. The molecule has 0 fully saturated rings. The first-order valence-corrected chi connectivity index (χ1v) is 9.62. The van der Waals surface area contributed by atoms with Crippen molar-refractivity contribution in [2.45, 2.75) is 18.9 Å². The molecule has 1 aromatic carbocycles. The molecule has 0 aliphatic carbocycles. The SMILES string of the molecule is NCCC(Cc1ccccc1)NC(=O)c1cc(Br)c(-c2ccn[nH]2)s1. The Balaban J connectivity index is 1.72. The van der Waals surface area contributed by atoms with Gasteiger partial charge in [-0.05, 0) is 53.0 Å². The number of halogens is 1. The highest BCUT2D eigenvalue weighted by Gasteiger charge is 2.18. The number of carbonyl (C=O) groups excluding carboxylic acids is 1. The number of hydrogen-bond donors (Lipinski definition) is 3. The number of nitrogens with two attached hydrogens (primary N) is 1. The predicted octanol–water partition coefficient (Wildman–Crippen LogP) is 3.59. The lowest BCUT2D eigenvalue weighted by Gasteiger charge is -2.17. The van der Waals surface area contributed by atoms with Gasteiger partial charge in [-0.2, -0.15) is 5.10 Å². The molecule has 3 aromatic rings. The molecule has 0 saturated heterocycles. The molecule has 2 aromatic heterocycles. The average molecular weight is 419 g/mol. The molecule has 1 unspecified atom stereocenters. The Morgan fingerprint density at radius 3 is 2.80 bits per heavy atom. The molecule has 0 saturated carbocycles. The van der Waals surface area contributed by atoms with Crippen LogP contribution >= 0.6 is 27.3 Å². The minimum absolute atomic E-state index is 0.0105. The molecule has 130 valence electrons. The number of aromatic amines is 1. The molecule has 1 amide bonds. The van der Waals surface area contributed by atoms with E-state index in [1.165, 1.54) is 16.9 Å². The second-order valence-electron chi connectivity index (χ2n) is 5.70. The third-order valence-electron chi connectivity index (χ3n) is 3.83. The zero-order valence-corrected chi connectivity index (χ0v) is 15.9. The van der Waals surface area contributed by atoms with Gasteiger partial charge < -0.3 is 11.1 Å². The monoisotopic (exact) mass is 418 g/mol. The molecule has 2 heterocycles. The number of amides is 1. The van der Waals surface area contributed by atoms with Gasteiger partial charge >= 0.3 is 0 Å². The van der Waals surface area contributed by atoms with Crippen molar-refractivity contribution in [3.05, 3.63) is 63.6 Å². The Hall–Kier alpha value is -1.96. The topological polar surface area (TPSA) is 83.8 Å². The number of nitrogens with one attached hydrogen (secondary N) is 2. The number of H-pyrrole nitrogens is 1. The molecule has 0 spiro atoms. The van der Waals surface area contributed by atoms with Gasteiger partial charge in [0.2, 0.25) is 0 Å². The van der Waals surface area contributed by atoms with Crippen LogP contribution < -0.4 is 11.1 Å². The van der Waals surface area contributed by atoms with Crippen LogP contribution in [-0.4, -0.2) is 28.7 Å². The molecule has 0 aliphatic rings. The van der Waals surface area contributed by atoms with E-state index in [2.05, 4.69) is 43.6 Å². The van der Waals surface area contributed by atoms with Crippen molar-refractivity contribution in [2.75, 3.05) is 6.54 Å². The van der Waals surface area contributed by atoms with Gasteiger partial charge in [0, 0.05) is 16.7 Å². The number of benzene rings is 1. The third kappa shape index (κ3) is 4.56. The summed E-state index contributed by atoms with van der Waals surface area (Å²) in [6.45, 7) is 0.533. The van der Waals surface area contributed by atoms with E-state index in [0.717, 1.165) is 27.9 Å². The minimum atomic E-state index is -0.0779. The summed E-state index contributed by atoms with van der Waals surface area (Å²) in [5, 5.41) is 10.00. The largest absolute Gasteiger partial charge is 0.348 e. The predicted molar refractivity (Wildman–Crippen MR) is 105 cm³/mol. The van der Waals surface area contributed by atoms with E-state index in [9.17, 15) is 4.79 Å². The van der Waals surface area contributed by atoms with Gasteiger partial charge in [0.15, 0.2) is 0 Å². The molecule has 4 N–H and O–H groups in total. The van der Waals surface area contributed by atoms with E-state index >= 15 is 0 Å². The fraction of sp³-hybridized carbons (Fsp3) is 0.222. The van der Waals surface area contributed by atoms with Crippen LogP contribution in [-0.2, 0) is 6.42 Å². The second-order valence-corrected chi connectivity index (χ2v) is 7.60.